The third kappa shape index (κ3) is 3.03. The molecule has 21 heavy (non-hydrogen) atoms. The quantitative estimate of drug-likeness (QED) is 0.873. The van der Waals surface area contributed by atoms with Gasteiger partial charge in [-0.3, -0.25) is 4.72 Å². The fourth-order valence-corrected chi connectivity index (χ4v) is 3.52. The molecule has 0 aliphatic carbocycles. The Labute approximate surface area is 123 Å². The number of benzene rings is 1. The van der Waals surface area contributed by atoms with Crippen LogP contribution in [0, 0.1) is 11.6 Å². The molecule has 2 aromatic rings. The summed E-state index contributed by atoms with van der Waals surface area (Å²) in [7, 11) is -3.22. The van der Waals surface area contributed by atoms with Crippen LogP contribution in [0.5, 0.6) is 0 Å². The Morgan fingerprint density at radius 2 is 2.00 bits per heavy atom. The van der Waals surface area contributed by atoms with Gasteiger partial charge in [0.1, 0.15) is 9.77 Å². The molecular formula is C12H9F2NO4S2. The number of anilines is 1. The molecule has 5 nitrogen and oxygen atoms in total. The highest BCUT2D eigenvalue weighted by Crippen LogP contribution is 2.27. The minimum atomic E-state index is -4.37. The van der Waals surface area contributed by atoms with Gasteiger partial charge < -0.3 is 4.74 Å². The molecule has 1 aromatic carbocycles. The monoisotopic (exact) mass is 333 g/mol. The molecule has 0 unspecified atom stereocenters. The van der Waals surface area contributed by atoms with Crippen molar-refractivity contribution in [3.63, 3.8) is 0 Å². The van der Waals surface area contributed by atoms with Crippen LogP contribution < -0.4 is 4.72 Å². The maximum Gasteiger partial charge on any atom is 0.350 e. The first-order chi connectivity index (χ1) is 9.86. The predicted octanol–water partition coefficient (Wildman–Crippen LogP) is 2.61. The summed E-state index contributed by atoms with van der Waals surface area (Å²) in [6.07, 6.45) is 0. The largest absolute Gasteiger partial charge is 0.465 e. The highest BCUT2D eigenvalue weighted by atomic mass is 32.2. The fraction of sp³-hybridized carbons (Fsp3) is 0.0833. The Balaban J connectivity index is 2.41. The van der Waals surface area contributed by atoms with Crippen LogP contribution in [-0.2, 0) is 14.8 Å². The maximum atomic E-state index is 13.6. The number of hydrogen-bond acceptors (Lipinski definition) is 5. The summed E-state index contributed by atoms with van der Waals surface area (Å²) in [4.78, 5) is 10.6. The number of sulfonamides is 1. The van der Waals surface area contributed by atoms with E-state index >= 15 is 0 Å². The molecule has 0 fully saturated rings. The van der Waals surface area contributed by atoms with E-state index in [9.17, 15) is 22.0 Å². The predicted molar refractivity (Wildman–Crippen MR) is 72.8 cm³/mol. The molecular weight excluding hydrogens is 324 g/mol. The van der Waals surface area contributed by atoms with Gasteiger partial charge in [-0.15, -0.1) is 11.3 Å². The Morgan fingerprint density at radius 3 is 2.67 bits per heavy atom. The lowest BCUT2D eigenvalue weighted by atomic mass is 10.3. The highest BCUT2D eigenvalue weighted by Gasteiger charge is 2.24. The van der Waals surface area contributed by atoms with Crippen molar-refractivity contribution in [2.75, 3.05) is 11.8 Å². The van der Waals surface area contributed by atoms with Crippen molar-refractivity contribution in [3.8, 4) is 0 Å². The second kappa shape index (κ2) is 5.78. The maximum absolute atomic E-state index is 13.6. The second-order valence-electron chi connectivity index (χ2n) is 3.81. The second-order valence-corrected chi connectivity index (χ2v) is 6.38. The lowest BCUT2D eigenvalue weighted by molar-refractivity contribution is 0.0607. The molecule has 0 saturated carbocycles. The molecule has 0 radical (unpaired) electrons. The fourth-order valence-electron chi connectivity index (χ4n) is 1.53. The number of halogens is 2. The van der Waals surface area contributed by atoms with Crippen molar-refractivity contribution in [1.82, 2.24) is 0 Å². The van der Waals surface area contributed by atoms with Crippen LogP contribution >= 0.6 is 11.3 Å². The molecule has 0 saturated heterocycles. The smallest absolute Gasteiger partial charge is 0.350 e. The van der Waals surface area contributed by atoms with E-state index in [2.05, 4.69) is 4.74 Å². The molecule has 0 spiro atoms. The molecule has 0 aliphatic heterocycles. The van der Waals surface area contributed by atoms with Crippen molar-refractivity contribution < 1.29 is 26.7 Å². The molecule has 1 heterocycles. The van der Waals surface area contributed by atoms with Gasteiger partial charge in [-0.05, 0) is 23.6 Å². The first kappa shape index (κ1) is 15.4. The number of nitrogens with one attached hydrogen (secondary N) is 1. The molecule has 1 N–H and O–H groups in total. The van der Waals surface area contributed by atoms with Crippen LogP contribution in [0.15, 0.2) is 34.5 Å². The van der Waals surface area contributed by atoms with Gasteiger partial charge in [0, 0.05) is 0 Å². The average Bonchev–Trinajstić information content (AvgIpc) is 2.88. The zero-order valence-corrected chi connectivity index (χ0v) is 12.2. The number of methoxy groups -OCH3 is 1. The first-order valence-corrected chi connectivity index (χ1v) is 7.85. The van der Waals surface area contributed by atoms with Crippen LogP contribution in [0.25, 0.3) is 0 Å². The van der Waals surface area contributed by atoms with Crippen LogP contribution in [0.1, 0.15) is 9.67 Å². The van der Waals surface area contributed by atoms with E-state index < -0.39 is 32.5 Å². The Hall–Kier alpha value is -2.00. The first-order valence-electron chi connectivity index (χ1n) is 5.49. The molecule has 0 amide bonds. The average molecular weight is 333 g/mol. The van der Waals surface area contributed by atoms with Gasteiger partial charge in [0.05, 0.1) is 12.8 Å². The molecule has 1 aromatic heterocycles. The summed E-state index contributed by atoms with van der Waals surface area (Å²) < 4.78 is 57.4. The molecule has 0 bridgehead atoms. The summed E-state index contributed by atoms with van der Waals surface area (Å²) in [6, 6.07) is 4.12. The minimum absolute atomic E-state index is 0.0119. The van der Waals surface area contributed by atoms with Gasteiger partial charge in [-0.1, -0.05) is 6.07 Å². The molecule has 0 aliphatic rings. The van der Waals surface area contributed by atoms with E-state index in [0.717, 1.165) is 36.6 Å². The number of carbonyl (C=O) groups excluding carboxylic acids is 1. The van der Waals surface area contributed by atoms with Gasteiger partial charge in [0.2, 0.25) is 0 Å². The van der Waals surface area contributed by atoms with Crippen LogP contribution in [0.4, 0.5) is 14.5 Å². The lowest BCUT2D eigenvalue weighted by Gasteiger charge is -2.09. The van der Waals surface area contributed by atoms with Gasteiger partial charge in [0.25, 0.3) is 10.0 Å². The van der Waals surface area contributed by atoms with Crippen molar-refractivity contribution in [3.05, 3.63) is 46.2 Å². The Morgan fingerprint density at radius 1 is 1.29 bits per heavy atom. The number of hydrogen-bond donors (Lipinski definition) is 1. The van der Waals surface area contributed by atoms with Crippen LogP contribution in [0.2, 0.25) is 0 Å². The lowest BCUT2D eigenvalue weighted by Crippen LogP contribution is -2.16. The summed E-state index contributed by atoms with van der Waals surface area (Å²) in [5, 5.41) is 1.46. The number of thiophene rings is 1. The SMILES string of the molecule is COC(=O)c1sccc1NS(=O)(=O)c1cccc(F)c1F. The number of rotatable bonds is 4. The van der Waals surface area contributed by atoms with Crippen molar-refractivity contribution in [2.24, 2.45) is 0 Å². The summed E-state index contributed by atoms with van der Waals surface area (Å²) in [6.45, 7) is 0. The molecule has 0 atom stereocenters. The third-order valence-electron chi connectivity index (χ3n) is 2.49. The van der Waals surface area contributed by atoms with Gasteiger partial charge in [0.15, 0.2) is 11.6 Å². The van der Waals surface area contributed by atoms with E-state index in [1.807, 2.05) is 4.72 Å². The van der Waals surface area contributed by atoms with E-state index in [1.165, 1.54) is 11.4 Å². The Bertz CT molecular complexity index is 786. The molecule has 2 rings (SSSR count). The molecule has 112 valence electrons. The zero-order valence-electron chi connectivity index (χ0n) is 10.6. The van der Waals surface area contributed by atoms with Crippen molar-refractivity contribution in [1.29, 1.82) is 0 Å². The van der Waals surface area contributed by atoms with E-state index in [-0.39, 0.29) is 10.6 Å². The standard InChI is InChI=1S/C12H9F2NO4S2/c1-19-12(16)11-8(5-6-20-11)15-21(17,18)9-4-2-3-7(13)10(9)14/h2-6,15H,1H3. The van der Waals surface area contributed by atoms with Gasteiger partial charge >= 0.3 is 5.97 Å². The van der Waals surface area contributed by atoms with Crippen LogP contribution in [-0.4, -0.2) is 21.5 Å². The van der Waals surface area contributed by atoms with E-state index in [4.69, 9.17) is 0 Å². The zero-order chi connectivity index (χ0) is 15.6. The molecule has 9 heteroatoms. The van der Waals surface area contributed by atoms with Crippen molar-refractivity contribution in [2.45, 2.75) is 4.90 Å². The number of carbonyl (C=O) groups is 1. The summed E-state index contributed by atoms with van der Waals surface area (Å²) >= 11 is 0.956. The number of ether oxygens (including phenoxy) is 1. The minimum Gasteiger partial charge on any atom is -0.465 e. The van der Waals surface area contributed by atoms with Crippen molar-refractivity contribution >= 4 is 33.0 Å². The third-order valence-corrected chi connectivity index (χ3v) is 4.76. The van der Waals surface area contributed by atoms with Crippen LogP contribution in [0.3, 0.4) is 0 Å². The van der Waals surface area contributed by atoms with Gasteiger partial charge in [-0.25, -0.2) is 22.0 Å². The van der Waals surface area contributed by atoms with Gasteiger partial charge in [-0.2, -0.15) is 0 Å². The Kier molecular flexibility index (Phi) is 4.24. The van der Waals surface area contributed by atoms with E-state index in [1.54, 1.807) is 0 Å². The highest BCUT2D eigenvalue weighted by molar-refractivity contribution is 7.92. The topological polar surface area (TPSA) is 72.5 Å². The number of esters is 1. The normalized spacial score (nSPS) is 11.2. The summed E-state index contributed by atoms with van der Waals surface area (Å²) in [5.41, 5.74) is -0.0597. The van der Waals surface area contributed by atoms with E-state index in [0.29, 0.717) is 0 Å². The summed E-state index contributed by atoms with van der Waals surface area (Å²) in [5.74, 6) is -3.50.